The van der Waals surface area contributed by atoms with Crippen LogP contribution in [-0.2, 0) is 4.79 Å². The van der Waals surface area contributed by atoms with Crippen LogP contribution < -0.4 is 19.7 Å². The second-order valence-corrected chi connectivity index (χ2v) is 7.77. The lowest BCUT2D eigenvalue weighted by atomic mass is 9.93. The van der Waals surface area contributed by atoms with E-state index in [2.05, 4.69) is 5.32 Å². The molecule has 0 saturated heterocycles. The summed E-state index contributed by atoms with van der Waals surface area (Å²) in [6, 6.07) is 7.82. The molecular formula is C22H21F2N3O3S. The molecule has 162 valence electrons. The van der Waals surface area contributed by atoms with Gasteiger partial charge in [-0.3, -0.25) is 9.69 Å². The number of halogens is 2. The van der Waals surface area contributed by atoms with Crippen molar-refractivity contribution in [3.63, 3.8) is 0 Å². The quantitative estimate of drug-likeness (QED) is 0.730. The number of thiocarbonyl (C=S) groups is 1. The highest BCUT2D eigenvalue weighted by Gasteiger charge is 2.38. The van der Waals surface area contributed by atoms with Crippen molar-refractivity contribution >= 4 is 28.9 Å². The van der Waals surface area contributed by atoms with Crippen LogP contribution in [0.2, 0.25) is 0 Å². The van der Waals surface area contributed by atoms with Crippen molar-refractivity contribution in [3.05, 3.63) is 64.9 Å². The van der Waals surface area contributed by atoms with Gasteiger partial charge in [-0.05, 0) is 43.4 Å². The summed E-state index contributed by atoms with van der Waals surface area (Å²) in [5.74, 6) is -0.733. The number of hydrogen-bond acceptors (Lipinski definition) is 4. The molecule has 1 amide bonds. The average Bonchev–Trinajstić information content (AvgIpc) is 2.73. The number of likely N-dealkylation sites (N-methyl/N-ethyl adjacent to an activating group) is 1. The summed E-state index contributed by atoms with van der Waals surface area (Å²) in [5, 5.41) is 3.16. The van der Waals surface area contributed by atoms with Crippen LogP contribution in [-0.4, -0.2) is 43.2 Å². The molecule has 0 fully saturated rings. The topological polar surface area (TPSA) is 54.0 Å². The SMILES string of the molecule is CC1=C(C(=O)N(C)C)C(c2c(F)cccc2F)NC(=S)N1c1ccc2c(c1)OCCO2. The summed E-state index contributed by atoms with van der Waals surface area (Å²) < 4.78 is 40.5. The molecule has 0 aromatic heterocycles. The lowest BCUT2D eigenvalue weighted by molar-refractivity contribution is -0.125. The fraction of sp³-hybridized carbons (Fsp3) is 0.273. The minimum absolute atomic E-state index is 0.192. The van der Waals surface area contributed by atoms with Crippen LogP contribution in [0.25, 0.3) is 0 Å². The number of benzene rings is 2. The summed E-state index contributed by atoms with van der Waals surface area (Å²) in [6.45, 7) is 2.59. The van der Waals surface area contributed by atoms with E-state index in [1.807, 2.05) is 0 Å². The Balaban J connectivity index is 1.87. The highest BCUT2D eigenvalue weighted by atomic mass is 32.1. The maximum atomic E-state index is 14.6. The fourth-order valence-electron chi connectivity index (χ4n) is 3.75. The molecule has 9 heteroatoms. The van der Waals surface area contributed by atoms with Crippen LogP contribution in [0, 0.1) is 11.6 Å². The Morgan fingerprint density at radius 3 is 2.42 bits per heavy atom. The molecule has 0 spiro atoms. The van der Waals surface area contributed by atoms with Crippen molar-refractivity contribution < 1.29 is 23.0 Å². The largest absolute Gasteiger partial charge is 0.486 e. The predicted octanol–water partition coefficient (Wildman–Crippen LogP) is 3.53. The first kappa shape index (κ1) is 21.0. The van der Waals surface area contributed by atoms with E-state index < -0.39 is 17.7 Å². The molecule has 0 radical (unpaired) electrons. The van der Waals surface area contributed by atoms with E-state index in [0.29, 0.717) is 36.1 Å². The van der Waals surface area contributed by atoms with E-state index in [0.717, 1.165) is 12.1 Å². The average molecular weight is 445 g/mol. The van der Waals surface area contributed by atoms with Gasteiger partial charge in [-0.25, -0.2) is 8.78 Å². The number of amides is 1. The molecule has 6 nitrogen and oxygen atoms in total. The van der Waals surface area contributed by atoms with Gasteiger partial charge in [0.1, 0.15) is 24.8 Å². The number of ether oxygens (including phenoxy) is 2. The Morgan fingerprint density at radius 2 is 1.77 bits per heavy atom. The van der Waals surface area contributed by atoms with Crippen LogP contribution in [0.1, 0.15) is 18.5 Å². The molecule has 0 saturated carbocycles. The van der Waals surface area contributed by atoms with Gasteiger partial charge in [-0.15, -0.1) is 0 Å². The molecule has 4 rings (SSSR count). The van der Waals surface area contributed by atoms with Crippen LogP contribution in [0.15, 0.2) is 47.7 Å². The van der Waals surface area contributed by atoms with Gasteiger partial charge in [0.2, 0.25) is 0 Å². The Labute approximate surface area is 184 Å². The standard InChI is InChI=1S/C22H21F2N3O3S/c1-12-18(21(28)26(2)3)20(19-14(23)5-4-6-15(19)24)25-22(31)27(12)13-7-8-16-17(11-13)30-10-9-29-16/h4-8,11,20H,9-10H2,1-3H3,(H,25,31). The van der Waals surface area contributed by atoms with E-state index in [1.165, 1.54) is 11.0 Å². The minimum atomic E-state index is -1.07. The molecule has 2 heterocycles. The van der Waals surface area contributed by atoms with Gasteiger partial charge in [0, 0.05) is 25.9 Å². The zero-order valence-corrected chi connectivity index (χ0v) is 18.1. The minimum Gasteiger partial charge on any atom is -0.486 e. The van der Waals surface area contributed by atoms with Gasteiger partial charge in [-0.1, -0.05) is 6.07 Å². The lowest BCUT2D eigenvalue weighted by Gasteiger charge is -2.39. The number of carbonyl (C=O) groups is 1. The molecule has 2 aromatic carbocycles. The Morgan fingerprint density at radius 1 is 1.13 bits per heavy atom. The van der Waals surface area contributed by atoms with Crippen molar-refractivity contribution in [2.24, 2.45) is 0 Å². The zero-order valence-electron chi connectivity index (χ0n) is 17.2. The van der Waals surface area contributed by atoms with E-state index >= 15 is 0 Å². The smallest absolute Gasteiger partial charge is 0.253 e. The lowest BCUT2D eigenvalue weighted by Crippen LogP contribution is -2.49. The predicted molar refractivity (Wildman–Crippen MR) is 116 cm³/mol. The number of nitrogens with zero attached hydrogens (tertiary/aromatic N) is 2. The number of anilines is 1. The van der Waals surface area contributed by atoms with Crippen molar-refractivity contribution in [2.75, 3.05) is 32.2 Å². The van der Waals surface area contributed by atoms with Gasteiger partial charge in [0.05, 0.1) is 22.9 Å². The van der Waals surface area contributed by atoms with Crippen molar-refractivity contribution in [1.29, 1.82) is 0 Å². The molecule has 31 heavy (non-hydrogen) atoms. The first-order chi connectivity index (χ1) is 14.8. The Hall–Kier alpha value is -3.20. The van der Waals surface area contributed by atoms with Crippen LogP contribution >= 0.6 is 12.2 Å². The van der Waals surface area contributed by atoms with Crippen LogP contribution in [0.4, 0.5) is 14.5 Å². The third-order valence-electron chi connectivity index (χ3n) is 5.19. The highest BCUT2D eigenvalue weighted by molar-refractivity contribution is 7.80. The molecule has 0 bridgehead atoms. The number of rotatable bonds is 3. The summed E-state index contributed by atoms with van der Waals surface area (Å²) in [6.07, 6.45) is 0. The molecule has 0 aliphatic carbocycles. The van der Waals surface area contributed by atoms with Gasteiger partial charge < -0.3 is 19.7 Å². The maximum Gasteiger partial charge on any atom is 0.253 e. The maximum absolute atomic E-state index is 14.6. The molecule has 1 N–H and O–H groups in total. The van der Waals surface area contributed by atoms with Gasteiger partial charge in [-0.2, -0.15) is 0 Å². The van der Waals surface area contributed by atoms with Crippen molar-refractivity contribution in [2.45, 2.75) is 13.0 Å². The van der Waals surface area contributed by atoms with E-state index in [-0.39, 0.29) is 22.2 Å². The second kappa shape index (κ2) is 8.14. The summed E-state index contributed by atoms with van der Waals surface area (Å²) >= 11 is 5.55. The summed E-state index contributed by atoms with van der Waals surface area (Å²) in [7, 11) is 3.16. The number of nitrogens with one attached hydrogen (secondary N) is 1. The van der Waals surface area contributed by atoms with Crippen molar-refractivity contribution in [1.82, 2.24) is 10.2 Å². The molecule has 2 aliphatic heterocycles. The van der Waals surface area contributed by atoms with E-state index in [1.54, 1.807) is 44.1 Å². The summed E-state index contributed by atoms with van der Waals surface area (Å²) in [4.78, 5) is 16.1. The Kier molecular flexibility index (Phi) is 5.53. The zero-order chi connectivity index (χ0) is 22.3. The van der Waals surface area contributed by atoms with Gasteiger partial charge in [0.25, 0.3) is 5.91 Å². The molecular weight excluding hydrogens is 424 g/mol. The normalized spacial score (nSPS) is 18.0. The monoisotopic (exact) mass is 445 g/mol. The molecule has 2 aliphatic rings. The third-order valence-corrected chi connectivity index (χ3v) is 5.49. The molecule has 2 aromatic rings. The Bertz CT molecular complexity index is 1080. The fourth-order valence-corrected chi connectivity index (χ4v) is 4.11. The highest BCUT2D eigenvalue weighted by Crippen LogP contribution is 2.39. The van der Waals surface area contributed by atoms with Crippen LogP contribution in [0.3, 0.4) is 0 Å². The number of carbonyl (C=O) groups excluding carboxylic acids is 1. The second-order valence-electron chi connectivity index (χ2n) is 7.38. The summed E-state index contributed by atoms with van der Waals surface area (Å²) in [5.41, 5.74) is 1.04. The van der Waals surface area contributed by atoms with Gasteiger partial charge >= 0.3 is 0 Å². The number of allylic oxidation sites excluding steroid dienone is 1. The van der Waals surface area contributed by atoms with E-state index in [9.17, 15) is 13.6 Å². The number of fused-ring (bicyclic) bond motifs is 1. The number of hydrogen-bond donors (Lipinski definition) is 1. The van der Waals surface area contributed by atoms with Gasteiger partial charge in [0.15, 0.2) is 16.6 Å². The van der Waals surface area contributed by atoms with Crippen LogP contribution in [0.5, 0.6) is 11.5 Å². The third kappa shape index (κ3) is 3.69. The van der Waals surface area contributed by atoms with Crippen molar-refractivity contribution in [3.8, 4) is 11.5 Å². The molecule has 1 unspecified atom stereocenters. The molecule has 1 atom stereocenters. The first-order valence-electron chi connectivity index (χ1n) is 9.66. The first-order valence-corrected chi connectivity index (χ1v) is 10.1. The van der Waals surface area contributed by atoms with E-state index in [4.69, 9.17) is 21.7 Å².